The molecule has 4 rings (SSSR count). The van der Waals surface area contributed by atoms with Crippen molar-refractivity contribution in [3.05, 3.63) is 59.7 Å². The number of benzene rings is 1. The molecule has 6 nitrogen and oxygen atoms in total. The van der Waals surface area contributed by atoms with Gasteiger partial charge in [-0.25, -0.2) is 9.18 Å². The van der Waals surface area contributed by atoms with Crippen LogP contribution in [-0.2, 0) is 11.3 Å². The summed E-state index contributed by atoms with van der Waals surface area (Å²) in [6.45, 7) is 7.08. The van der Waals surface area contributed by atoms with Crippen LogP contribution in [-0.4, -0.2) is 51.0 Å². The molecule has 2 aromatic rings. The molecular formula is C23H29FN4O2. The SMILES string of the molecule is CC(C)(C)NC(=O)N(CC(=O)N1CCn2cccc2[C@@H]1c1ccc(F)cc1)C1CC1. The Morgan fingerprint density at radius 1 is 1.13 bits per heavy atom. The normalized spacial score (nSPS) is 18.7. The Hall–Kier alpha value is -2.83. The molecular weight excluding hydrogens is 383 g/mol. The summed E-state index contributed by atoms with van der Waals surface area (Å²) in [7, 11) is 0. The van der Waals surface area contributed by atoms with Gasteiger partial charge in [-0.2, -0.15) is 0 Å². The van der Waals surface area contributed by atoms with Crippen LogP contribution in [0.25, 0.3) is 0 Å². The second kappa shape index (κ2) is 7.78. The first-order valence-electron chi connectivity index (χ1n) is 10.5. The molecule has 3 amide bonds. The Bertz CT molecular complexity index is 927. The van der Waals surface area contributed by atoms with Gasteiger partial charge in [-0.15, -0.1) is 0 Å². The molecule has 0 unspecified atom stereocenters. The third kappa shape index (κ3) is 4.35. The number of aromatic nitrogens is 1. The van der Waals surface area contributed by atoms with E-state index >= 15 is 0 Å². The van der Waals surface area contributed by atoms with E-state index < -0.39 is 0 Å². The number of rotatable bonds is 4. The Kier molecular flexibility index (Phi) is 5.30. The van der Waals surface area contributed by atoms with Gasteiger partial charge in [0.25, 0.3) is 0 Å². The van der Waals surface area contributed by atoms with Gasteiger partial charge in [0, 0.05) is 36.6 Å². The highest BCUT2D eigenvalue weighted by atomic mass is 19.1. The van der Waals surface area contributed by atoms with Gasteiger partial charge in [0.05, 0.1) is 6.04 Å². The van der Waals surface area contributed by atoms with Gasteiger partial charge < -0.3 is 19.7 Å². The molecule has 1 aromatic carbocycles. The lowest BCUT2D eigenvalue weighted by Gasteiger charge is -2.38. The molecule has 2 heterocycles. The zero-order chi connectivity index (χ0) is 21.5. The Morgan fingerprint density at radius 2 is 1.83 bits per heavy atom. The van der Waals surface area contributed by atoms with Crippen LogP contribution >= 0.6 is 0 Å². The number of hydrogen-bond donors (Lipinski definition) is 1. The molecule has 0 radical (unpaired) electrons. The Labute approximate surface area is 176 Å². The van der Waals surface area contributed by atoms with E-state index in [-0.39, 0.29) is 41.9 Å². The summed E-state index contributed by atoms with van der Waals surface area (Å²) >= 11 is 0. The van der Waals surface area contributed by atoms with Crippen LogP contribution in [0.3, 0.4) is 0 Å². The summed E-state index contributed by atoms with van der Waals surface area (Å²) in [5.41, 5.74) is 1.50. The molecule has 0 saturated heterocycles. The molecule has 1 atom stereocenters. The van der Waals surface area contributed by atoms with Gasteiger partial charge >= 0.3 is 6.03 Å². The first kappa shape index (κ1) is 20.4. The zero-order valence-corrected chi connectivity index (χ0v) is 17.8. The zero-order valence-electron chi connectivity index (χ0n) is 17.8. The Balaban J connectivity index is 1.58. The molecule has 0 bridgehead atoms. The van der Waals surface area contributed by atoms with Gasteiger partial charge in [0.2, 0.25) is 5.91 Å². The fourth-order valence-electron chi connectivity index (χ4n) is 4.03. The van der Waals surface area contributed by atoms with E-state index in [9.17, 15) is 14.0 Å². The fraction of sp³-hybridized carbons (Fsp3) is 0.478. The summed E-state index contributed by atoms with van der Waals surface area (Å²) in [5, 5.41) is 2.98. The van der Waals surface area contributed by atoms with Gasteiger partial charge in [-0.1, -0.05) is 12.1 Å². The van der Waals surface area contributed by atoms with Gasteiger partial charge in [-0.05, 0) is 63.4 Å². The molecule has 1 aromatic heterocycles. The molecule has 7 heteroatoms. The molecule has 1 N–H and O–H groups in total. The number of fused-ring (bicyclic) bond motifs is 1. The predicted molar refractivity (Wildman–Crippen MR) is 112 cm³/mol. The molecule has 1 aliphatic heterocycles. The first-order valence-corrected chi connectivity index (χ1v) is 10.5. The van der Waals surface area contributed by atoms with E-state index in [4.69, 9.17) is 0 Å². The predicted octanol–water partition coefficient (Wildman–Crippen LogP) is 3.53. The molecule has 30 heavy (non-hydrogen) atoms. The third-order valence-electron chi connectivity index (χ3n) is 5.58. The highest BCUT2D eigenvalue weighted by Gasteiger charge is 2.38. The molecule has 160 valence electrons. The average molecular weight is 413 g/mol. The maximum atomic E-state index is 13.5. The lowest BCUT2D eigenvalue weighted by Crippen LogP contribution is -2.53. The number of halogens is 1. The van der Waals surface area contributed by atoms with Crippen LogP contribution in [0.4, 0.5) is 9.18 Å². The molecule has 1 fully saturated rings. The maximum Gasteiger partial charge on any atom is 0.318 e. The third-order valence-corrected chi connectivity index (χ3v) is 5.58. The minimum Gasteiger partial charge on any atom is -0.348 e. The van der Waals surface area contributed by atoms with Crippen molar-refractivity contribution in [2.45, 2.75) is 57.8 Å². The van der Waals surface area contributed by atoms with Crippen molar-refractivity contribution in [3.8, 4) is 0 Å². The number of carbonyl (C=O) groups is 2. The van der Waals surface area contributed by atoms with E-state index in [1.54, 1.807) is 17.0 Å². The van der Waals surface area contributed by atoms with E-state index in [1.165, 1.54) is 12.1 Å². The maximum absolute atomic E-state index is 13.5. The summed E-state index contributed by atoms with van der Waals surface area (Å²) in [4.78, 5) is 29.7. The van der Waals surface area contributed by atoms with Gasteiger partial charge in [0.15, 0.2) is 0 Å². The van der Waals surface area contributed by atoms with Gasteiger partial charge in [-0.3, -0.25) is 4.79 Å². The number of hydrogen-bond acceptors (Lipinski definition) is 2. The summed E-state index contributed by atoms with van der Waals surface area (Å²) < 4.78 is 15.6. The molecule has 1 saturated carbocycles. The number of urea groups is 1. The largest absolute Gasteiger partial charge is 0.348 e. The summed E-state index contributed by atoms with van der Waals surface area (Å²) in [5.74, 6) is -0.394. The van der Waals surface area contributed by atoms with Crippen LogP contribution in [0.1, 0.15) is 50.9 Å². The quantitative estimate of drug-likeness (QED) is 0.835. The van der Waals surface area contributed by atoms with Crippen LogP contribution < -0.4 is 5.32 Å². The van der Waals surface area contributed by atoms with Crippen molar-refractivity contribution < 1.29 is 14.0 Å². The van der Waals surface area contributed by atoms with Crippen molar-refractivity contribution in [1.82, 2.24) is 19.7 Å². The van der Waals surface area contributed by atoms with Crippen LogP contribution in [0.15, 0.2) is 42.6 Å². The van der Waals surface area contributed by atoms with Crippen molar-refractivity contribution in [2.75, 3.05) is 13.1 Å². The fourth-order valence-corrected chi connectivity index (χ4v) is 4.03. The number of nitrogens with one attached hydrogen (secondary N) is 1. The smallest absolute Gasteiger partial charge is 0.318 e. The van der Waals surface area contributed by atoms with E-state index in [1.807, 2.05) is 44.0 Å². The number of nitrogens with zero attached hydrogens (tertiary/aromatic N) is 3. The van der Waals surface area contributed by atoms with Crippen molar-refractivity contribution in [3.63, 3.8) is 0 Å². The van der Waals surface area contributed by atoms with Crippen LogP contribution in [0, 0.1) is 5.82 Å². The molecule has 0 spiro atoms. The number of amides is 3. The van der Waals surface area contributed by atoms with E-state index in [0.717, 1.165) is 24.1 Å². The molecule has 1 aliphatic carbocycles. The highest BCUT2D eigenvalue weighted by Crippen LogP contribution is 2.33. The second-order valence-corrected chi connectivity index (χ2v) is 9.21. The summed E-state index contributed by atoms with van der Waals surface area (Å²) in [6.07, 6.45) is 3.85. The van der Waals surface area contributed by atoms with Crippen LogP contribution in [0.5, 0.6) is 0 Å². The first-order chi connectivity index (χ1) is 14.2. The minimum absolute atomic E-state index is 0.0466. The van der Waals surface area contributed by atoms with Crippen molar-refractivity contribution in [2.24, 2.45) is 0 Å². The minimum atomic E-state index is -0.365. The Morgan fingerprint density at radius 3 is 2.47 bits per heavy atom. The standard InChI is InChI=1S/C23H29FN4O2/c1-23(2,3)25-22(30)28(18-10-11-18)15-20(29)27-14-13-26-12-4-5-19(26)21(27)16-6-8-17(24)9-7-16/h4-9,12,18,21H,10-11,13-15H2,1-3H3,(H,25,30)/t21-/m0/s1. The topological polar surface area (TPSA) is 57.6 Å². The van der Waals surface area contributed by atoms with Crippen LogP contribution in [0.2, 0.25) is 0 Å². The lowest BCUT2D eigenvalue weighted by molar-refractivity contribution is -0.134. The van der Waals surface area contributed by atoms with Crippen molar-refractivity contribution >= 4 is 11.9 Å². The van der Waals surface area contributed by atoms with E-state index in [2.05, 4.69) is 9.88 Å². The molecule has 2 aliphatic rings. The van der Waals surface area contributed by atoms with Crippen molar-refractivity contribution in [1.29, 1.82) is 0 Å². The lowest BCUT2D eigenvalue weighted by atomic mass is 9.99. The highest BCUT2D eigenvalue weighted by molar-refractivity contribution is 5.85. The second-order valence-electron chi connectivity index (χ2n) is 9.21. The van der Waals surface area contributed by atoms with Gasteiger partial charge in [0.1, 0.15) is 12.4 Å². The summed E-state index contributed by atoms with van der Waals surface area (Å²) in [6, 6.07) is 9.90. The monoisotopic (exact) mass is 412 g/mol. The van der Waals surface area contributed by atoms with E-state index in [0.29, 0.717) is 13.1 Å². The number of carbonyl (C=O) groups excluding carboxylic acids is 2. The average Bonchev–Trinajstić information content (AvgIpc) is 3.40.